The van der Waals surface area contributed by atoms with Crippen LogP contribution in [-0.4, -0.2) is 27.2 Å². The van der Waals surface area contributed by atoms with E-state index < -0.39 is 0 Å². The number of rotatable bonds is 9. The molecule has 0 bridgehead atoms. The Hall–Kier alpha value is -3.41. The van der Waals surface area contributed by atoms with Crippen LogP contribution in [0.5, 0.6) is 5.75 Å². The number of amides is 1. The van der Waals surface area contributed by atoms with Gasteiger partial charge in [0.05, 0.1) is 0 Å². The summed E-state index contributed by atoms with van der Waals surface area (Å²) in [5.41, 5.74) is 2.03. The molecule has 0 saturated heterocycles. The Labute approximate surface area is 170 Å². The van der Waals surface area contributed by atoms with E-state index in [1.807, 2.05) is 59.2 Å². The predicted molar refractivity (Wildman–Crippen MR) is 111 cm³/mol. The van der Waals surface area contributed by atoms with E-state index in [9.17, 15) is 4.79 Å². The molecule has 1 aromatic heterocycles. The third kappa shape index (κ3) is 5.54. The fourth-order valence-electron chi connectivity index (χ4n) is 3.07. The minimum absolute atomic E-state index is 0.123. The standard InChI is InChI=1S/C23H24N4O2/c28-22(24-13-14-27-17-25-26-23(27)20-10-11-20)12-9-18-7-4-8-21(15-18)29-16-19-5-2-1-3-6-19/h1-9,12,15,17,20H,10-11,13-14,16H2,(H,24,28)/b12-9+. The summed E-state index contributed by atoms with van der Waals surface area (Å²) in [6.07, 6.45) is 7.43. The van der Waals surface area contributed by atoms with Crippen LogP contribution in [0.25, 0.3) is 6.08 Å². The highest BCUT2D eigenvalue weighted by Crippen LogP contribution is 2.38. The van der Waals surface area contributed by atoms with Gasteiger partial charge in [0.15, 0.2) is 0 Å². The number of benzene rings is 2. The molecule has 148 valence electrons. The Morgan fingerprint density at radius 2 is 2.03 bits per heavy atom. The van der Waals surface area contributed by atoms with Gasteiger partial charge in [0.25, 0.3) is 0 Å². The van der Waals surface area contributed by atoms with Gasteiger partial charge in [0, 0.05) is 25.1 Å². The van der Waals surface area contributed by atoms with Crippen LogP contribution in [-0.2, 0) is 17.9 Å². The van der Waals surface area contributed by atoms with Crippen molar-refractivity contribution in [3.63, 3.8) is 0 Å². The smallest absolute Gasteiger partial charge is 0.244 e. The highest BCUT2D eigenvalue weighted by molar-refractivity contribution is 5.91. The van der Waals surface area contributed by atoms with Crippen molar-refractivity contribution < 1.29 is 9.53 Å². The first-order valence-corrected chi connectivity index (χ1v) is 9.88. The molecule has 0 atom stereocenters. The third-order valence-electron chi connectivity index (χ3n) is 4.77. The lowest BCUT2D eigenvalue weighted by atomic mass is 10.2. The van der Waals surface area contributed by atoms with Crippen molar-refractivity contribution >= 4 is 12.0 Å². The summed E-state index contributed by atoms with van der Waals surface area (Å²) >= 11 is 0. The number of hydrogen-bond donors (Lipinski definition) is 1. The Bertz CT molecular complexity index is 977. The topological polar surface area (TPSA) is 69.0 Å². The van der Waals surface area contributed by atoms with E-state index in [4.69, 9.17) is 4.74 Å². The molecule has 1 heterocycles. The Morgan fingerprint density at radius 1 is 1.17 bits per heavy atom. The zero-order chi connectivity index (χ0) is 19.9. The van der Waals surface area contributed by atoms with Gasteiger partial charge >= 0.3 is 0 Å². The van der Waals surface area contributed by atoms with Crippen LogP contribution in [0.2, 0.25) is 0 Å². The molecule has 1 saturated carbocycles. The average Bonchev–Trinajstić information content (AvgIpc) is 3.50. The largest absolute Gasteiger partial charge is 0.489 e. The van der Waals surface area contributed by atoms with Crippen LogP contribution in [0.1, 0.15) is 35.7 Å². The van der Waals surface area contributed by atoms with Crippen LogP contribution < -0.4 is 10.1 Å². The fraction of sp³-hybridized carbons (Fsp3) is 0.261. The number of ether oxygens (including phenoxy) is 1. The molecule has 0 radical (unpaired) electrons. The van der Waals surface area contributed by atoms with Crippen LogP contribution in [0, 0.1) is 0 Å². The van der Waals surface area contributed by atoms with Gasteiger partial charge in [-0.25, -0.2) is 0 Å². The molecule has 1 N–H and O–H groups in total. The summed E-state index contributed by atoms with van der Waals surface area (Å²) < 4.78 is 7.86. The first-order valence-electron chi connectivity index (χ1n) is 9.88. The van der Waals surface area contributed by atoms with Crippen molar-refractivity contribution in [2.45, 2.75) is 31.9 Å². The summed E-state index contributed by atoms with van der Waals surface area (Å²) in [5.74, 6) is 2.23. The van der Waals surface area contributed by atoms with Crippen LogP contribution in [0.15, 0.2) is 67.0 Å². The molecular formula is C23H24N4O2. The van der Waals surface area contributed by atoms with Crippen molar-refractivity contribution in [2.24, 2.45) is 0 Å². The molecule has 29 heavy (non-hydrogen) atoms. The van der Waals surface area contributed by atoms with E-state index in [0.29, 0.717) is 25.6 Å². The lowest BCUT2D eigenvalue weighted by Gasteiger charge is -2.07. The van der Waals surface area contributed by atoms with Gasteiger partial charge in [-0.1, -0.05) is 42.5 Å². The van der Waals surface area contributed by atoms with Crippen molar-refractivity contribution in [3.8, 4) is 5.75 Å². The number of nitrogens with one attached hydrogen (secondary N) is 1. The number of aromatic nitrogens is 3. The predicted octanol–water partition coefficient (Wildman–Crippen LogP) is 3.56. The maximum Gasteiger partial charge on any atom is 0.244 e. The van der Waals surface area contributed by atoms with Crippen molar-refractivity contribution in [1.29, 1.82) is 0 Å². The third-order valence-corrected chi connectivity index (χ3v) is 4.77. The molecule has 1 fully saturated rings. The Morgan fingerprint density at radius 3 is 2.86 bits per heavy atom. The van der Waals surface area contributed by atoms with E-state index in [0.717, 1.165) is 22.7 Å². The summed E-state index contributed by atoms with van der Waals surface area (Å²) in [7, 11) is 0. The van der Waals surface area contributed by atoms with E-state index in [-0.39, 0.29) is 5.91 Å². The monoisotopic (exact) mass is 388 g/mol. The molecule has 3 aromatic rings. The lowest BCUT2D eigenvalue weighted by molar-refractivity contribution is -0.116. The number of nitrogens with zero attached hydrogens (tertiary/aromatic N) is 3. The molecular weight excluding hydrogens is 364 g/mol. The highest BCUT2D eigenvalue weighted by Gasteiger charge is 2.28. The van der Waals surface area contributed by atoms with Crippen molar-refractivity contribution in [1.82, 2.24) is 20.1 Å². The quantitative estimate of drug-likeness (QED) is 0.569. The fourth-order valence-corrected chi connectivity index (χ4v) is 3.07. The lowest BCUT2D eigenvalue weighted by Crippen LogP contribution is -2.25. The molecule has 6 nitrogen and oxygen atoms in total. The van der Waals surface area contributed by atoms with Gasteiger partial charge in [-0.15, -0.1) is 10.2 Å². The molecule has 1 aliphatic rings. The first kappa shape index (κ1) is 18.9. The van der Waals surface area contributed by atoms with E-state index in [2.05, 4.69) is 15.5 Å². The molecule has 0 aliphatic heterocycles. The number of carbonyl (C=O) groups excluding carboxylic acids is 1. The van der Waals surface area contributed by atoms with Crippen molar-refractivity contribution in [3.05, 3.63) is 84.0 Å². The van der Waals surface area contributed by atoms with Gasteiger partial charge in [0.1, 0.15) is 24.5 Å². The second-order valence-corrected chi connectivity index (χ2v) is 7.13. The molecule has 2 aromatic carbocycles. The van der Waals surface area contributed by atoms with Gasteiger partial charge in [0.2, 0.25) is 5.91 Å². The van der Waals surface area contributed by atoms with E-state index in [1.165, 1.54) is 12.8 Å². The van der Waals surface area contributed by atoms with Crippen molar-refractivity contribution in [2.75, 3.05) is 6.54 Å². The Balaban J connectivity index is 1.24. The summed E-state index contributed by atoms with van der Waals surface area (Å²) in [5, 5.41) is 11.0. The summed E-state index contributed by atoms with van der Waals surface area (Å²) in [4.78, 5) is 12.1. The molecule has 1 amide bonds. The number of carbonyl (C=O) groups is 1. The minimum atomic E-state index is -0.123. The van der Waals surface area contributed by atoms with Crippen LogP contribution in [0.4, 0.5) is 0 Å². The summed E-state index contributed by atoms with van der Waals surface area (Å²) in [6, 6.07) is 17.7. The zero-order valence-electron chi connectivity index (χ0n) is 16.2. The van der Waals surface area contributed by atoms with Gasteiger partial charge in [-0.05, 0) is 42.2 Å². The molecule has 6 heteroatoms. The second kappa shape index (κ2) is 9.19. The molecule has 0 spiro atoms. The maximum atomic E-state index is 12.1. The Kier molecular flexibility index (Phi) is 6.00. The van der Waals surface area contributed by atoms with Crippen LogP contribution in [0.3, 0.4) is 0 Å². The molecule has 1 aliphatic carbocycles. The first-order chi connectivity index (χ1) is 14.3. The van der Waals surface area contributed by atoms with E-state index >= 15 is 0 Å². The average molecular weight is 388 g/mol. The van der Waals surface area contributed by atoms with Gasteiger partial charge in [-0.2, -0.15) is 0 Å². The SMILES string of the molecule is O=C(/C=C/c1cccc(OCc2ccccc2)c1)NCCn1cnnc1C1CC1. The summed E-state index contributed by atoms with van der Waals surface area (Å²) in [6.45, 7) is 1.74. The molecule has 4 rings (SSSR count). The van der Waals surface area contributed by atoms with Gasteiger partial charge < -0.3 is 14.6 Å². The van der Waals surface area contributed by atoms with Crippen LogP contribution >= 0.6 is 0 Å². The van der Waals surface area contributed by atoms with E-state index in [1.54, 1.807) is 18.5 Å². The highest BCUT2D eigenvalue weighted by atomic mass is 16.5. The van der Waals surface area contributed by atoms with Gasteiger partial charge in [-0.3, -0.25) is 4.79 Å². The normalized spacial score (nSPS) is 13.5. The molecule has 0 unspecified atom stereocenters. The zero-order valence-corrected chi connectivity index (χ0v) is 16.2. The maximum absolute atomic E-state index is 12.1. The second-order valence-electron chi connectivity index (χ2n) is 7.13. The number of hydrogen-bond acceptors (Lipinski definition) is 4. The minimum Gasteiger partial charge on any atom is -0.489 e.